The van der Waals surface area contributed by atoms with Gasteiger partial charge < -0.3 is 4.74 Å². The highest BCUT2D eigenvalue weighted by atomic mass is 16.6. The van der Waals surface area contributed by atoms with E-state index in [9.17, 15) is 4.79 Å². The summed E-state index contributed by atoms with van der Waals surface area (Å²) in [4.78, 5) is 21.9. The first-order valence-electron chi connectivity index (χ1n) is 9.99. The Bertz CT molecular complexity index is 597. The predicted octanol–water partition coefficient (Wildman–Crippen LogP) is 5.17. The number of rotatable bonds is 5. The van der Waals surface area contributed by atoms with E-state index in [0.717, 1.165) is 37.3 Å². The molecule has 26 heavy (non-hydrogen) atoms. The highest BCUT2D eigenvalue weighted by Crippen LogP contribution is 2.36. The summed E-state index contributed by atoms with van der Waals surface area (Å²) in [5.74, 6) is 0.751. The molecule has 1 aromatic rings. The second-order valence-corrected chi connectivity index (χ2v) is 8.16. The molecule has 1 aliphatic heterocycles. The van der Waals surface area contributed by atoms with E-state index < -0.39 is 5.60 Å². The molecule has 0 N–H and O–H groups in total. The Morgan fingerprint density at radius 2 is 2.12 bits per heavy atom. The fraction of sp³-hybridized carbons (Fsp3) is 0.714. The largest absolute Gasteiger partial charge is 0.443 e. The van der Waals surface area contributed by atoms with Crippen LogP contribution in [0.3, 0.4) is 0 Å². The van der Waals surface area contributed by atoms with E-state index in [4.69, 9.17) is 4.74 Å². The molecule has 1 saturated heterocycles. The molecule has 1 aromatic heterocycles. The van der Waals surface area contributed by atoms with Crippen molar-refractivity contribution >= 4 is 11.9 Å². The van der Waals surface area contributed by atoms with Crippen molar-refractivity contribution in [2.45, 2.75) is 84.9 Å². The summed E-state index contributed by atoms with van der Waals surface area (Å²) < 4.78 is 5.71. The lowest BCUT2D eigenvalue weighted by molar-refractivity contribution is 0.0564. The van der Waals surface area contributed by atoms with Crippen molar-refractivity contribution in [3.63, 3.8) is 0 Å². The first kappa shape index (κ1) is 20.7. The van der Waals surface area contributed by atoms with Crippen LogP contribution in [-0.2, 0) is 4.74 Å². The highest BCUT2D eigenvalue weighted by molar-refractivity contribution is 5.88. The van der Waals surface area contributed by atoms with Crippen molar-refractivity contribution in [2.24, 2.45) is 0 Å². The molecule has 146 valence electrons. The second kappa shape index (κ2) is 8.85. The van der Waals surface area contributed by atoms with Crippen LogP contribution in [0.2, 0.25) is 0 Å². The van der Waals surface area contributed by atoms with Crippen molar-refractivity contribution in [2.75, 3.05) is 18.0 Å². The Kier molecular flexibility index (Phi) is 7.04. The molecule has 2 heterocycles. The van der Waals surface area contributed by atoms with Gasteiger partial charge in [0.2, 0.25) is 0 Å². The lowest BCUT2D eigenvalue weighted by Gasteiger charge is -2.38. The molecular weight excluding hydrogens is 326 g/mol. The van der Waals surface area contributed by atoms with Crippen molar-refractivity contribution in [3.05, 3.63) is 23.9 Å². The summed E-state index contributed by atoms with van der Waals surface area (Å²) in [6.45, 7) is 14.2. The average molecular weight is 362 g/mol. The van der Waals surface area contributed by atoms with Gasteiger partial charge in [0.15, 0.2) is 0 Å². The molecule has 1 fully saturated rings. The minimum Gasteiger partial charge on any atom is -0.443 e. The van der Waals surface area contributed by atoms with E-state index in [2.05, 4.69) is 36.7 Å². The van der Waals surface area contributed by atoms with Crippen molar-refractivity contribution < 1.29 is 9.53 Å². The number of amides is 1. The van der Waals surface area contributed by atoms with Gasteiger partial charge in [-0.25, -0.2) is 9.78 Å². The smallest absolute Gasteiger partial charge is 0.416 e. The third kappa shape index (κ3) is 4.97. The van der Waals surface area contributed by atoms with Gasteiger partial charge in [-0.15, -0.1) is 0 Å². The molecule has 0 bridgehead atoms. The molecule has 2 atom stereocenters. The maximum Gasteiger partial charge on any atom is 0.416 e. The van der Waals surface area contributed by atoms with E-state index >= 15 is 0 Å². The Hall–Kier alpha value is -1.62. The second-order valence-electron chi connectivity index (χ2n) is 8.16. The topological polar surface area (TPSA) is 45.7 Å². The van der Waals surface area contributed by atoms with Crippen LogP contribution in [0, 0.1) is 0 Å². The molecule has 0 spiro atoms. The maximum absolute atomic E-state index is 13.0. The number of aromatic nitrogens is 1. The normalized spacial score (nSPS) is 19.8. The van der Waals surface area contributed by atoms with Crippen molar-refractivity contribution in [3.8, 4) is 0 Å². The zero-order chi connectivity index (χ0) is 19.3. The molecule has 2 rings (SSSR count). The molecule has 5 heteroatoms. The number of anilines is 1. The van der Waals surface area contributed by atoms with Crippen LogP contribution < -0.4 is 4.90 Å². The maximum atomic E-state index is 13.0. The summed E-state index contributed by atoms with van der Waals surface area (Å²) in [6, 6.07) is 4.44. The zero-order valence-electron chi connectivity index (χ0n) is 17.3. The Labute approximate surface area is 158 Å². The monoisotopic (exact) mass is 361 g/mol. The van der Waals surface area contributed by atoms with Gasteiger partial charge in [-0.1, -0.05) is 26.3 Å². The summed E-state index contributed by atoms with van der Waals surface area (Å²) in [5.41, 5.74) is 0.609. The fourth-order valence-corrected chi connectivity index (χ4v) is 3.56. The summed E-state index contributed by atoms with van der Waals surface area (Å²) >= 11 is 0. The molecule has 0 radical (unpaired) electrons. The average Bonchev–Trinajstić information content (AvgIpc) is 2.60. The highest BCUT2D eigenvalue weighted by Gasteiger charge is 2.33. The Morgan fingerprint density at radius 3 is 2.73 bits per heavy atom. The number of pyridine rings is 1. The molecular formula is C21H35N3O2. The number of hydrogen-bond donors (Lipinski definition) is 0. The Balaban J connectivity index is 2.44. The third-order valence-electron chi connectivity index (χ3n) is 5.05. The van der Waals surface area contributed by atoms with Crippen LogP contribution in [0.1, 0.15) is 78.8 Å². The molecule has 0 saturated carbocycles. The molecule has 0 aromatic carbocycles. The fourth-order valence-electron chi connectivity index (χ4n) is 3.56. The molecule has 1 amide bonds. The molecule has 2 unspecified atom stereocenters. The lowest BCUT2D eigenvalue weighted by Crippen LogP contribution is -2.44. The van der Waals surface area contributed by atoms with Gasteiger partial charge in [0, 0.05) is 23.8 Å². The summed E-state index contributed by atoms with van der Waals surface area (Å²) in [5, 5.41) is 0. The van der Waals surface area contributed by atoms with Crippen molar-refractivity contribution in [1.82, 2.24) is 9.88 Å². The molecule has 0 aliphatic carbocycles. The number of piperidine rings is 1. The van der Waals surface area contributed by atoms with Gasteiger partial charge in [-0.05, 0) is 66.1 Å². The van der Waals surface area contributed by atoms with Crippen molar-refractivity contribution in [1.29, 1.82) is 0 Å². The standard InChI is InChI=1S/C21H35N3O2/c1-7-16(3)24(20(25)26-21(4,5)6)19-17(12-11-14-22-19)18-13-9-10-15-23(18)8-2/h11-12,14,16,18H,7-10,13,15H2,1-6H3. The van der Waals surface area contributed by atoms with Crippen LogP contribution >= 0.6 is 0 Å². The van der Waals surface area contributed by atoms with Gasteiger partial charge in [-0.3, -0.25) is 9.80 Å². The minimum atomic E-state index is -0.530. The van der Waals surface area contributed by atoms with Gasteiger partial charge in [-0.2, -0.15) is 0 Å². The van der Waals surface area contributed by atoms with E-state index in [1.54, 1.807) is 11.1 Å². The van der Waals surface area contributed by atoms with Crippen LogP contribution in [0.5, 0.6) is 0 Å². The number of carbonyl (C=O) groups is 1. The van der Waals surface area contributed by atoms with Crippen LogP contribution in [0.15, 0.2) is 18.3 Å². The number of ether oxygens (including phenoxy) is 1. The van der Waals surface area contributed by atoms with E-state index in [0.29, 0.717) is 6.04 Å². The number of likely N-dealkylation sites (tertiary alicyclic amines) is 1. The predicted molar refractivity (Wildman–Crippen MR) is 107 cm³/mol. The van der Waals surface area contributed by atoms with Gasteiger partial charge in [0.05, 0.1) is 0 Å². The summed E-state index contributed by atoms with van der Waals surface area (Å²) in [7, 11) is 0. The number of nitrogens with zero attached hydrogens (tertiary/aromatic N) is 3. The van der Waals surface area contributed by atoms with E-state index in [1.807, 2.05) is 26.8 Å². The van der Waals surface area contributed by atoms with Gasteiger partial charge >= 0.3 is 6.09 Å². The Morgan fingerprint density at radius 1 is 1.38 bits per heavy atom. The zero-order valence-corrected chi connectivity index (χ0v) is 17.3. The lowest BCUT2D eigenvalue weighted by atomic mass is 9.95. The summed E-state index contributed by atoms with van der Waals surface area (Å²) in [6.07, 6.45) is 5.86. The van der Waals surface area contributed by atoms with Crippen LogP contribution in [0.25, 0.3) is 0 Å². The van der Waals surface area contributed by atoms with E-state index in [-0.39, 0.29) is 12.1 Å². The molecule has 5 nitrogen and oxygen atoms in total. The first-order valence-corrected chi connectivity index (χ1v) is 9.99. The quantitative estimate of drug-likeness (QED) is 0.726. The molecule has 1 aliphatic rings. The third-order valence-corrected chi connectivity index (χ3v) is 5.05. The van der Waals surface area contributed by atoms with Crippen LogP contribution in [0.4, 0.5) is 10.6 Å². The van der Waals surface area contributed by atoms with Crippen LogP contribution in [-0.4, -0.2) is 40.7 Å². The van der Waals surface area contributed by atoms with Gasteiger partial charge in [0.1, 0.15) is 11.4 Å². The SMILES string of the molecule is CCC(C)N(C(=O)OC(C)(C)C)c1ncccc1C1CCCCN1CC. The number of hydrogen-bond acceptors (Lipinski definition) is 4. The number of carbonyl (C=O) groups excluding carboxylic acids is 1. The van der Waals surface area contributed by atoms with Gasteiger partial charge in [0.25, 0.3) is 0 Å². The minimum absolute atomic E-state index is 0.0252. The van der Waals surface area contributed by atoms with E-state index in [1.165, 1.54) is 12.8 Å². The first-order chi connectivity index (χ1) is 12.3.